The summed E-state index contributed by atoms with van der Waals surface area (Å²) in [4.78, 5) is 24.0. The van der Waals surface area contributed by atoms with Crippen molar-refractivity contribution in [2.75, 3.05) is 19.5 Å². The number of carbonyl (C=O) groups is 2. The third-order valence-electron chi connectivity index (χ3n) is 3.07. The molecule has 1 N–H and O–H groups in total. The first kappa shape index (κ1) is 16.4. The summed E-state index contributed by atoms with van der Waals surface area (Å²) in [6.45, 7) is 1.47. The van der Waals surface area contributed by atoms with Gasteiger partial charge in [0.2, 0.25) is 0 Å². The number of hydrogen-bond donors (Lipinski definition) is 1. The van der Waals surface area contributed by atoms with Gasteiger partial charge in [0.25, 0.3) is 5.91 Å². The monoisotopic (exact) mass is 319 g/mol. The Morgan fingerprint density at radius 2 is 1.96 bits per heavy atom. The maximum absolute atomic E-state index is 12.2. The molecule has 1 atom stereocenters. The minimum absolute atomic E-state index is 0.239. The van der Waals surface area contributed by atoms with Crippen LogP contribution in [-0.2, 0) is 9.53 Å². The summed E-state index contributed by atoms with van der Waals surface area (Å²) in [5.41, 5.74) is 0.659. The van der Waals surface area contributed by atoms with Crippen LogP contribution in [-0.4, -0.2) is 32.2 Å². The van der Waals surface area contributed by atoms with Crippen LogP contribution >= 0.6 is 0 Å². The lowest BCUT2D eigenvalue weighted by atomic mass is 10.2. The molecule has 0 radical (unpaired) electrons. The van der Waals surface area contributed by atoms with E-state index in [0.29, 0.717) is 17.2 Å². The van der Waals surface area contributed by atoms with Gasteiger partial charge in [-0.2, -0.15) is 0 Å². The van der Waals surface area contributed by atoms with Gasteiger partial charge in [0.05, 0.1) is 31.7 Å². The van der Waals surface area contributed by atoms with E-state index in [1.165, 1.54) is 39.7 Å². The van der Waals surface area contributed by atoms with Crippen molar-refractivity contribution in [3.05, 3.63) is 42.4 Å². The number of carbonyl (C=O) groups excluding carboxylic acids is 2. The fraction of sp³-hybridized carbons (Fsp3) is 0.250. The molecule has 0 saturated carbocycles. The van der Waals surface area contributed by atoms with E-state index in [1.54, 1.807) is 18.2 Å². The van der Waals surface area contributed by atoms with Crippen molar-refractivity contribution in [3.8, 4) is 11.5 Å². The van der Waals surface area contributed by atoms with Gasteiger partial charge < -0.3 is 23.9 Å². The Hall–Kier alpha value is -2.96. The van der Waals surface area contributed by atoms with Crippen LogP contribution in [0.5, 0.6) is 11.5 Å². The highest BCUT2D eigenvalue weighted by Gasteiger charge is 2.21. The molecule has 1 aromatic heterocycles. The third-order valence-corrected chi connectivity index (χ3v) is 3.07. The molecule has 0 saturated heterocycles. The van der Waals surface area contributed by atoms with Crippen molar-refractivity contribution >= 4 is 17.6 Å². The molecular formula is C16H17NO6. The van der Waals surface area contributed by atoms with Crippen molar-refractivity contribution in [2.24, 2.45) is 0 Å². The van der Waals surface area contributed by atoms with E-state index in [-0.39, 0.29) is 5.56 Å². The molecule has 0 fully saturated rings. The number of ether oxygens (including phenoxy) is 3. The SMILES string of the molecule is COc1ccc(OC)c(NC(=O)[C@H](C)OC(=O)c2ccoc2)c1. The van der Waals surface area contributed by atoms with Crippen molar-refractivity contribution in [1.29, 1.82) is 0 Å². The molecule has 7 heteroatoms. The zero-order chi connectivity index (χ0) is 16.8. The van der Waals surface area contributed by atoms with Gasteiger partial charge >= 0.3 is 5.97 Å². The van der Waals surface area contributed by atoms with Crippen molar-refractivity contribution in [1.82, 2.24) is 0 Å². The number of nitrogens with one attached hydrogen (secondary N) is 1. The number of benzene rings is 1. The second kappa shape index (κ2) is 7.35. The van der Waals surface area contributed by atoms with Crippen LogP contribution in [0.2, 0.25) is 0 Å². The molecule has 0 aliphatic heterocycles. The Labute approximate surface area is 133 Å². The van der Waals surface area contributed by atoms with E-state index < -0.39 is 18.0 Å². The second-order valence-corrected chi connectivity index (χ2v) is 4.62. The van der Waals surface area contributed by atoms with Crippen LogP contribution in [0.1, 0.15) is 17.3 Å². The molecule has 1 amide bonds. The van der Waals surface area contributed by atoms with Crippen molar-refractivity contribution < 1.29 is 28.2 Å². The summed E-state index contributed by atoms with van der Waals surface area (Å²) in [5.74, 6) is -0.107. The third kappa shape index (κ3) is 4.03. The highest BCUT2D eigenvalue weighted by atomic mass is 16.5. The molecule has 7 nitrogen and oxygen atoms in total. The van der Waals surface area contributed by atoms with Crippen LogP contribution in [0.25, 0.3) is 0 Å². The maximum atomic E-state index is 12.2. The number of methoxy groups -OCH3 is 2. The van der Waals surface area contributed by atoms with Gasteiger partial charge in [0, 0.05) is 6.07 Å². The van der Waals surface area contributed by atoms with Gasteiger partial charge in [-0.25, -0.2) is 4.79 Å². The Balaban J connectivity index is 2.04. The molecule has 2 aromatic rings. The highest BCUT2D eigenvalue weighted by Crippen LogP contribution is 2.29. The Kier molecular flexibility index (Phi) is 5.24. The molecule has 0 unspecified atom stereocenters. The molecule has 0 bridgehead atoms. The Morgan fingerprint density at radius 3 is 2.57 bits per heavy atom. The summed E-state index contributed by atoms with van der Waals surface area (Å²) >= 11 is 0. The molecule has 2 rings (SSSR count). The quantitative estimate of drug-likeness (QED) is 0.823. The van der Waals surface area contributed by atoms with Crippen LogP contribution in [0, 0.1) is 0 Å². The number of furan rings is 1. The van der Waals surface area contributed by atoms with E-state index in [4.69, 9.17) is 18.6 Å². The normalized spacial score (nSPS) is 11.4. The number of hydrogen-bond acceptors (Lipinski definition) is 6. The van der Waals surface area contributed by atoms with E-state index >= 15 is 0 Å². The summed E-state index contributed by atoms with van der Waals surface area (Å²) in [6, 6.07) is 6.44. The molecule has 0 aliphatic rings. The first-order valence-electron chi connectivity index (χ1n) is 6.81. The van der Waals surface area contributed by atoms with E-state index in [2.05, 4.69) is 5.32 Å². The number of rotatable bonds is 6. The fourth-order valence-corrected chi connectivity index (χ4v) is 1.81. The maximum Gasteiger partial charge on any atom is 0.342 e. The summed E-state index contributed by atoms with van der Waals surface area (Å²) in [6.07, 6.45) is 1.61. The molecule has 1 heterocycles. The minimum atomic E-state index is -0.992. The molecule has 1 aromatic carbocycles. The van der Waals surface area contributed by atoms with Gasteiger partial charge in [-0.15, -0.1) is 0 Å². The minimum Gasteiger partial charge on any atom is -0.497 e. The van der Waals surface area contributed by atoms with Gasteiger partial charge in [0.15, 0.2) is 6.10 Å². The fourth-order valence-electron chi connectivity index (χ4n) is 1.81. The Morgan fingerprint density at radius 1 is 1.17 bits per heavy atom. The van der Waals surface area contributed by atoms with Gasteiger partial charge in [0.1, 0.15) is 17.8 Å². The summed E-state index contributed by atoms with van der Waals surface area (Å²) in [5, 5.41) is 2.64. The summed E-state index contributed by atoms with van der Waals surface area (Å²) < 4.78 is 20.2. The van der Waals surface area contributed by atoms with Crippen LogP contribution in [0.4, 0.5) is 5.69 Å². The van der Waals surface area contributed by atoms with Gasteiger partial charge in [-0.1, -0.05) is 0 Å². The zero-order valence-corrected chi connectivity index (χ0v) is 13.0. The van der Waals surface area contributed by atoms with Crippen LogP contribution in [0.3, 0.4) is 0 Å². The predicted octanol–water partition coefficient (Wildman–Crippen LogP) is 2.48. The topological polar surface area (TPSA) is 87.0 Å². The standard InChI is InChI=1S/C16H17NO6/c1-10(23-16(19)11-6-7-22-9-11)15(18)17-13-8-12(20-2)4-5-14(13)21-3/h4-10H,1-3H3,(H,17,18)/t10-/m0/s1. The van der Waals surface area contributed by atoms with Crippen LogP contribution < -0.4 is 14.8 Å². The van der Waals surface area contributed by atoms with Crippen molar-refractivity contribution in [2.45, 2.75) is 13.0 Å². The smallest absolute Gasteiger partial charge is 0.342 e. The van der Waals surface area contributed by atoms with E-state index in [0.717, 1.165) is 0 Å². The van der Waals surface area contributed by atoms with Crippen molar-refractivity contribution in [3.63, 3.8) is 0 Å². The number of esters is 1. The predicted molar refractivity (Wildman–Crippen MR) is 81.8 cm³/mol. The van der Waals surface area contributed by atoms with Crippen LogP contribution in [0.15, 0.2) is 41.2 Å². The molecule has 122 valence electrons. The van der Waals surface area contributed by atoms with Gasteiger partial charge in [-0.3, -0.25) is 4.79 Å². The first-order chi connectivity index (χ1) is 11.0. The zero-order valence-electron chi connectivity index (χ0n) is 13.0. The lowest BCUT2D eigenvalue weighted by molar-refractivity contribution is -0.123. The molecular weight excluding hydrogens is 302 g/mol. The molecule has 0 aliphatic carbocycles. The van der Waals surface area contributed by atoms with E-state index in [9.17, 15) is 9.59 Å². The average molecular weight is 319 g/mol. The molecule has 0 spiro atoms. The number of amides is 1. The summed E-state index contributed by atoms with van der Waals surface area (Å²) in [7, 11) is 3.00. The molecule has 23 heavy (non-hydrogen) atoms. The Bertz CT molecular complexity index is 680. The van der Waals surface area contributed by atoms with Gasteiger partial charge in [-0.05, 0) is 25.1 Å². The lowest BCUT2D eigenvalue weighted by Crippen LogP contribution is -2.30. The number of anilines is 1. The largest absolute Gasteiger partial charge is 0.497 e. The average Bonchev–Trinajstić information content (AvgIpc) is 3.09. The van der Waals surface area contributed by atoms with E-state index in [1.807, 2.05) is 0 Å². The highest BCUT2D eigenvalue weighted by molar-refractivity contribution is 5.98. The first-order valence-corrected chi connectivity index (χ1v) is 6.81. The lowest BCUT2D eigenvalue weighted by Gasteiger charge is -2.15. The second-order valence-electron chi connectivity index (χ2n) is 4.62.